The molecule has 2 fully saturated rings. The number of hydrogen-bond acceptors (Lipinski definition) is 7. The van der Waals surface area contributed by atoms with E-state index < -0.39 is 36.0 Å². The molecule has 1 N–H and O–H groups in total. The third-order valence-corrected chi connectivity index (χ3v) is 5.36. The van der Waals surface area contributed by atoms with Crippen molar-refractivity contribution in [2.45, 2.75) is 38.9 Å². The van der Waals surface area contributed by atoms with Gasteiger partial charge in [-0.05, 0) is 31.5 Å². The molecule has 1 aromatic carbocycles. The van der Waals surface area contributed by atoms with Crippen molar-refractivity contribution < 1.29 is 28.2 Å². The van der Waals surface area contributed by atoms with E-state index in [2.05, 4.69) is 11.9 Å². The van der Waals surface area contributed by atoms with Gasteiger partial charge in [0.15, 0.2) is 6.10 Å². The molecule has 3 atom stereocenters. The van der Waals surface area contributed by atoms with Gasteiger partial charge < -0.3 is 19.7 Å². The minimum absolute atomic E-state index is 0.183. The van der Waals surface area contributed by atoms with Crippen molar-refractivity contribution in [1.29, 1.82) is 5.26 Å². The summed E-state index contributed by atoms with van der Waals surface area (Å²) in [4.78, 5) is 38.4. The number of nitriles is 1. The molecule has 0 spiro atoms. The lowest BCUT2D eigenvalue weighted by atomic mass is 9.94. The highest BCUT2D eigenvalue weighted by Gasteiger charge is 2.34. The first kappa shape index (κ1) is 23.1. The van der Waals surface area contributed by atoms with Crippen LogP contribution in [-0.4, -0.2) is 49.8 Å². The Hall–Kier alpha value is -3.61. The van der Waals surface area contributed by atoms with Crippen molar-refractivity contribution in [2.75, 3.05) is 29.4 Å². The zero-order valence-electron chi connectivity index (χ0n) is 18.0. The summed E-state index contributed by atoms with van der Waals surface area (Å²) < 4.78 is 25.2. The Labute approximate surface area is 185 Å². The molecule has 32 heavy (non-hydrogen) atoms. The van der Waals surface area contributed by atoms with Gasteiger partial charge in [0.1, 0.15) is 18.0 Å². The first-order valence-corrected chi connectivity index (χ1v) is 10.3. The van der Waals surface area contributed by atoms with Gasteiger partial charge in [0.05, 0.1) is 30.4 Å². The molecule has 9 nitrogen and oxygen atoms in total. The minimum Gasteiger partial charge on any atom is -0.447 e. The maximum absolute atomic E-state index is 15.0. The third kappa shape index (κ3) is 5.17. The van der Waals surface area contributed by atoms with Gasteiger partial charge in [0.2, 0.25) is 5.91 Å². The molecule has 2 heterocycles. The molecule has 2 saturated heterocycles. The Kier molecular flexibility index (Phi) is 6.98. The van der Waals surface area contributed by atoms with Crippen LogP contribution in [0.4, 0.5) is 20.6 Å². The Bertz CT molecular complexity index is 976. The number of allylic oxidation sites excluding steroid dienone is 1. The van der Waals surface area contributed by atoms with Crippen molar-refractivity contribution in [3.05, 3.63) is 36.3 Å². The van der Waals surface area contributed by atoms with E-state index in [1.807, 2.05) is 6.07 Å². The molecule has 0 aromatic heterocycles. The van der Waals surface area contributed by atoms with Crippen LogP contribution in [0.15, 0.2) is 30.5 Å². The number of nitrogens with zero attached hydrogens (tertiary/aromatic N) is 3. The molecule has 0 bridgehead atoms. The number of benzene rings is 1. The zero-order valence-corrected chi connectivity index (χ0v) is 18.0. The van der Waals surface area contributed by atoms with Crippen LogP contribution in [0, 0.1) is 23.1 Å². The van der Waals surface area contributed by atoms with Gasteiger partial charge in [0, 0.05) is 25.6 Å². The van der Waals surface area contributed by atoms with Gasteiger partial charge in [-0.2, -0.15) is 5.26 Å². The zero-order chi connectivity index (χ0) is 23.4. The highest BCUT2D eigenvalue weighted by molar-refractivity contribution is 5.90. The highest BCUT2D eigenvalue weighted by Crippen LogP contribution is 2.34. The van der Waals surface area contributed by atoms with Crippen LogP contribution in [0.3, 0.4) is 0 Å². The first-order chi connectivity index (χ1) is 15.2. The average molecular weight is 444 g/mol. The van der Waals surface area contributed by atoms with Gasteiger partial charge in [-0.1, -0.05) is 6.58 Å². The lowest BCUT2D eigenvalue weighted by molar-refractivity contribution is -0.151. The van der Waals surface area contributed by atoms with E-state index in [0.29, 0.717) is 36.5 Å². The quantitative estimate of drug-likeness (QED) is 0.671. The summed E-state index contributed by atoms with van der Waals surface area (Å²) in [5, 5.41) is 11.4. The van der Waals surface area contributed by atoms with E-state index in [9.17, 15) is 18.8 Å². The number of carbonyl (C=O) groups excluding carboxylic acids is 3. The molecular weight excluding hydrogens is 419 g/mol. The van der Waals surface area contributed by atoms with Crippen LogP contribution >= 0.6 is 0 Å². The van der Waals surface area contributed by atoms with Crippen LogP contribution in [0.2, 0.25) is 0 Å². The van der Waals surface area contributed by atoms with Gasteiger partial charge in [0.25, 0.3) is 0 Å². The standard InChI is InChI=1S/C22H25FN4O5/c1-13-8-16(21(29)31-14(2)10-24)6-7-26(13)20-5-4-17(9-19(20)23)27-12-18(32-22(27)30)11-25-15(3)28/h4-5,9,14,16,18H,1,6-8,11-12H2,2-3H3,(H,25,28). The lowest BCUT2D eigenvalue weighted by Crippen LogP contribution is -2.36. The number of halogens is 1. The summed E-state index contributed by atoms with van der Waals surface area (Å²) in [6.07, 6.45) is -1.23. The maximum Gasteiger partial charge on any atom is 0.414 e. The number of anilines is 2. The number of hydrogen-bond donors (Lipinski definition) is 1. The largest absolute Gasteiger partial charge is 0.447 e. The van der Waals surface area contributed by atoms with Crippen LogP contribution in [0.25, 0.3) is 0 Å². The second kappa shape index (κ2) is 9.68. The van der Waals surface area contributed by atoms with Gasteiger partial charge in [-0.15, -0.1) is 0 Å². The molecule has 10 heteroatoms. The molecule has 2 aliphatic heterocycles. The van der Waals surface area contributed by atoms with E-state index in [1.54, 1.807) is 17.0 Å². The Morgan fingerprint density at radius 1 is 1.44 bits per heavy atom. The van der Waals surface area contributed by atoms with Gasteiger partial charge in [-0.25, -0.2) is 9.18 Å². The lowest BCUT2D eigenvalue weighted by Gasteiger charge is -2.35. The van der Waals surface area contributed by atoms with E-state index in [-0.39, 0.29) is 19.0 Å². The Balaban J connectivity index is 1.65. The van der Waals surface area contributed by atoms with Crippen LogP contribution in [0.5, 0.6) is 0 Å². The molecule has 3 unspecified atom stereocenters. The highest BCUT2D eigenvalue weighted by atomic mass is 19.1. The summed E-state index contributed by atoms with van der Waals surface area (Å²) in [5.41, 5.74) is 1.19. The van der Waals surface area contributed by atoms with E-state index in [1.165, 1.54) is 24.8 Å². The SMILES string of the molecule is C=C1CC(C(=O)OC(C)C#N)CCN1c1ccc(N2CC(CNC(C)=O)OC2=O)cc1F. The van der Waals surface area contributed by atoms with Crippen LogP contribution in [0.1, 0.15) is 26.7 Å². The smallest absolute Gasteiger partial charge is 0.414 e. The van der Waals surface area contributed by atoms with Gasteiger partial charge in [-0.3, -0.25) is 14.5 Å². The normalized spacial score (nSPS) is 21.6. The molecule has 0 radical (unpaired) electrons. The molecule has 1 aromatic rings. The number of piperidine rings is 1. The second-order valence-electron chi connectivity index (χ2n) is 7.80. The van der Waals surface area contributed by atoms with E-state index in [0.717, 1.165) is 0 Å². The second-order valence-corrected chi connectivity index (χ2v) is 7.80. The summed E-state index contributed by atoms with van der Waals surface area (Å²) in [5.74, 6) is -1.67. The van der Waals surface area contributed by atoms with Crippen molar-refractivity contribution in [2.24, 2.45) is 5.92 Å². The first-order valence-electron chi connectivity index (χ1n) is 10.3. The Morgan fingerprint density at radius 2 is 2.19 bits per heavy atom. The minimum atomic E-state index is -0.825. The Morgan fingerprint density at radius 3 is 2.81 bits per heavy atom. The fraction of sp³-hybridized carbons (Fsp3) is 0.455. The fourth-order valence-electron chi connectivity index (χ4n) is 3.71. The molecule has 2 aliphatic rings. The summed E-state index contributed by atoms with van der Waals surface area (Å²) in [6.45, 7) is 7.57. The molecule has 170 valence electrons. The van der Waals surface area contributed by atoms with Crippen LogP contribution in [-0.2, 0) is 19.1 Å². The molecule has 3 rings (SSSR count). The molecule has 0 saturated carbocycles. The molecule has 0 aliphatic carbocycles. The van der Waals surface area contributed by atoms with Crippen molar-refractivity contribution >= 4 is 29.3 Å². The predicted molar refractivity (Wildman–Crippen MR) is 113 cm³/mol. The van der Waals surface area contributed by atoms with Crippen LogP contribution < -0.4 is 15.1 Å². The van der Waals surface area contributed by atoms with Crippen molar-refractivity contribution in [3.63, 3.8) is 0 Å². The third-order valence-electron chi connectivity index (χ3n) is 5.36. The number of esters is 1. The summed E-state index contributed by atoms with van der Waals surface area (Å²) in [6, 6.07) is 6.27. The number of rotatable bonds is 6. The van der Waals surface area contributed by atoms with Crippen molar-refractivity contribution in [1.82, 2.24) is 5.32 Å². The molecular formula is C22H25FN4O5. The predicted octanol–water partition coefficient (Wildman–Crippen LogP) is 2.47. The van der Waals surface area contributed by atoms with Gasteiger partial charge >= 0.3 is 12.1 Å². The van der Waals surface area contributed by atoms with E-state index in [4.69, 9.17) is 14.7 Å². The van der Waals surface area contributed by atoms with E-state index >= 15 is 0 Å². The average Bonchev–Trinajstić information content (AvgIpc) is 3.12. The topological polar surface area (TPSA) is 112 Å². The van der Waals surface area contributed by atoms with Crippen molar-refractivity contribution in [3.8, 4) is 6.07 Å². The summed E-state index contributed by atoms with van der Waals surface area (Å²) >= 11 is 0. The number of carbonyl (C=O) groups is 3. The number of cyclic esters (lactones) is 1. The maximum atomic E-state index is 15.0. The number of nitrogens with one attached hydrogen (secondary N) is 1. The number of amides is 2. The fourth-order valence-corrected chi connectivity index (χ4v) is 3.71. The molecule has 2 amide bonds. The monoisotopic (exact) mass is 444 g/mol. The summed E-state index contributed by atoms with van der Waals surface area (Å²) in [7, 11) is 0. The number of ether oxygens (including phenoxy) is 2.